The van der Waals surface area contributed by atoms with Crippen LogP contribution in [-0.4, -0.2) is 49.3 Å². The topological polar surface area (TPSA) is 80.8 Å². The van der Waals surface area contributed by atoms with E-state index in [1.54, 1.807) is 19.1 Å². The molecule has 0 heterocycles. The molecule has 144 valence electrons. The van der Waals surface area contributed by atoms with Crippen molar-refractivity contribution < 1.29 is 22.7 Å². The lowest BCUT2D eigenvalue weighted by Crippen LogP contribution is -2.44. The number of benzene rings is 1. The molecular formula is C17H21Cl2NO5S. The van der Waals surface area contributed by atoms with Crippen LogP contribution in [-0.2, 0) is 24.2 Å². The Kier molecular flexibility index (Phi) is 6.93. The van der Waals surface area contributed by atoms with Crippen LogP contribution in [0.15, 0.2) is 18.2 Å². The average molecular weight is 422 g/mol. The SMILES string of the molecule is CCOC(=O)C(c1ccc(Cl)cc1Cl)N(C(=O)CS(=O)(=O)CC)C1CC1. The molecule has 0 aliphatic heterocycles. The first-order valence-corrected chi connectivity index (χ1v) is 10.9. The van der Waals surface area contributed by atoms with Gasteiger partial charge in [0.15, 0.2) is 15.9 Å². The number of rotatable bonds is 8. The highest BCUT2D eigenvalue weighted by atomic mass is 35.5. The Morgan fingerprint density at radius 1 is 1.27 bits per heavy atom. The molecule has 0 radical (unpaired) electrons. The van der Waals surface area contributed by atoms with E-state index in [2.05, 4.69) is 0 Å². The molecule has 0 saturated heterocycles. The van der Waals surface area contributed by atoms with Crippen LogP contribution in [0.4, 0.5) is 0 Å². The Hall–Kier alpha value is -1.31. The molecule has 0 aromatic heterocycles. The zero-order valence-electron chi connectivity index (χ0n) is 14.6. The van der Waals surface area contributed by atoms with E-state index >= 15 is 0 Å². The number of ether oxygens (including phenoxy) is 1. The first-order chi connectivity index (χ1) is 12.2. The summed E-state index contributed by atoms with van der Waals surface area (Å²) in [4.78, 5) is 26.7. The maximum Gasteiger partial charge on any atom is 0.333 e. The molecule has 0 N–H and O–H groups in total. The van der Waals surface area contributed by atoms with E-state index in [1.807, 2.05) is 0 Å². The fourth-order valence-electron chi connectivity index (χ4n) is 2.61. The number of sulfone groups is 1. The molecule has 1 aliphatic carbocycles. The number of carbonyl (C=O) groups excluding carboxylic acids is 2. The van der Waals surface area contributed by atoms with Gasteiger partial charge in [-0.2, -0.15) is 0 Å². The van der Waals surface area contributed by atoms with Crippen LogP contribution < -0.4 is 0 Å². The van der Waals surface area contributed by atoms with Gasteiger partial charge in [0.25, 0.3) is 0 Å². The van der Waals surface area contributed by atoms with Gasteiger partial charge in [0.1, 0.15) is 5.75 Å². The van der Waals surface area contributed by atoms with Gasteiger partial charge in [0, 0.05) is 27.4 Å². The smallest absolute Gasteiger partial charge is 0.333 e. The quantitative estimate of drug-likeness (QED) is 0.602. The van der Waals surface area contributed by atoms with Crippen molar-refractivity contribution in [2.45, 2.75) is 38.8 Å². The number of hydrogen-bond acceptors (Lipinski definition) is 5. The lowest BCUT2D eigenvalue weighted by Gasteiger charge is -2.31. The van der Waals surface area contributed by atoms with E-state index in [0.29, 0.717) is 23.4 Å². The standard InChI is InChI=1S/C17H21Cl2NO5S/c1-3-25-17(22)16(13-8-5-11(18)9-14(13)19)20(12-6-7-12)15(21)10-26(23,24)4-2/h5,8-9,12,16H,3-4,6-7,10H2,1-2H3. The van der Waals surface area contributed by atoms with Crippen molar-refractivity contribution in [1.82, 2.24) is 4.90 Å². The molecular weight excluding hydrogens is 401 g/mol. The molecule has 1 aromatic rings. The second-order valence-corrected chi connectivity index (χ2v) is 9.23. The van der Waals surface area contributed by atoms with Crippen LogP contribution in [0.2, 0.25) is 10.0 Å². The highest BCUT2D eigenvalue weighted by Gasteiger charge is 2.43. The summed E-state index contributed by atoms with van der Waals surface area (Å²) in [5.41, 5.74) is 0.365. The normalized spacial score (nSPS) is 15.4. The Balaban J connectivity index is 2.46. The van der Waals surface area contributed by atoms with E-state index in [-0.39, 0.29) is 23.4 Å². The molecule has 1 saturated carbocycles. The maximum absolute atomic E-state index is 12.8. The molecule has 0 bridgehead atoms. The van der Waals surface area contributed by atoms with Crippen molar-refractivity contribution in [2.75, 3.05) is 18.1 Å². The van der Waals surface area contributed by atoms with E-state index in [1.165, 1.54) is 17.9 Å². The first kappa shape index (κ1) is 21.0. The monoisotopic (exact) mass is 421 g/mol. The number of nitrogens with zero attached hydrogens (tertiary/aromatic N) is 1. The van der Waals surface area contributed by atoms with Gasteiger partial charge in [-0.15, -0.1) is 0 Å². The van der Waals surface area contributed by atoms with Crippen molar-refractivity contribution >= 4 is 44.9 Å². The van der Waals surface area contributed by atoms with Crippen LogP contribution in [0.25, 0.3) is 0 Å². The summed E-state index contributed by atoms with van der Waals surface area (Å²) in [6.45, 7) is 3.26. The molecule has 9 heteroatoms. The molecule has 1 atom stereocenters. The molecule has 1 unspecified atom stereocenters. The predicted octanol–water partition coefficient (Wildman–Crippen LogP) is 3.02. The first-order valence-electron chi connectivity index (χ1n) is 8.33. The Bertz CT molecular complexity index is 792. The van der Waals surface area contributed by atoms with Gasteiger partial charge in [-0.3, -0.25) is 4.79 Å². The highest BCUT2D eigenvalue weighted by molar-refractivity contribution is 7.92. The van der Waals surface area contributed by atoms with Gasteiger partial charge in [-0.05, 0) is 31.9 Å². The summed E-state index contributed by atoms with van der Waals surface area (Å²) in [6.07, 6.45) is 1.39. The van der Waals surface area contributed by atoms with E-state index < -0.39 is 33.5 Å². The van der Waals surface area contributed by atoms with Gasteiger partial charge < -0.3 is 9.64 Å². The van der Waals surface area contributed by atoms with Gasteiger partial charge in [0.05, 0.1) is 6.61 Å². The van der Waals surface area contributed by atoms with Crippen LogP contribution in [0.5, 0.6) is 0 Å². The van der Waals surface area contributed by atoms with Crippen LogP contribution >= 0.6 is 23.2 Å². The fraction of sp³-hybridized carbons (Fsp3) is 0.529. The number of halogens is 2. The van der Waals surface area contributed by atoms with Crippen molar-refractivity contribution in [3.63, 3.8) is 0 Å². The molecule has 1 fully saturated rings. The summed E-state index contributed by atoms with van der Waals surface area (Å²) in [5, 5.41) is 0.603. The van der Waals surface area contributed by atoms with E-state index in [9.17, 15) is 18.0 Å². The van der Waals surface area contributed by atoms with E-state index in [0.717, 1.165) is 0 Å². The van der Waals surface area contributed by atoms with Gasteiger partial charge in [-0.25, -0.2) is 13.2 Å². The van der Waals surface area contributed by atoms with Crippen LogP contribution in [0.3, 0.4) is 0 Å². The summed E-state index contributed by atoms with van der Waals surface area (Å²) in [7, 11) is -3.54. The highest BCUT2D eigenvalue weighted by Crippen LogP contribution is 2.38. The largest absolute Gasteiger partial charge is 0.464 e. The number of carbonyl (C=O) groups is 2. The fourth-order valence-corrected chi connectivity index (χ4v) is 3.85. The summed E-state index contributed by atoms with van der Waals surface area (Å²) < 4.78 is 29.0. The van der Waals surface area contributed by atoms with Gasteiger partial charge in [-0.1, -0.05) is 36.2 Å². The molecule has 6 nitrogen and oxygen atoms in total. The molecule has 1 aliphatic rings. The van der Waals surface area contributed by atoms with Crippen molar-refractivity contribution in [1.29, 1.82) is 0 Å². The molecule has 26 heavy (non-hydrogen) atoms. The number of amides is 1. The minimum absolute atomic E-state index is 0.125. The van der Waals surface area contributed by atoms with Crippen LogP contribution in [0.1, 0.15) is 38.3 Å². The lowest BCUT2D eigenvalue weighted by molar-refractivity contribution is -0.155. The summed E-state index contributed by atoms with van der Waals surface area (Å²) in [5.74, 6) is -2.08. The Morgan fingerprint density at radius 3 is 2.42 bits per heavy atom. The summed E-state index contributed by atoms with van der Waals surface area (Å²) >= 11 is 12.2. The zero-order valence-corrected chi connectivity index (χ0v) is 16.9. The third kappa shape index (κ3) is 5.11. The second-order valence-electron chi connectivity index (χ2n) is 6.03. The van der Waals surface area contributed by atoms with Crippen LogP contribution in [0, 0.1) is 0 Å². The molecule has 2 rings (SSSR count). The van der Waals surface area contributed by atoms with Gasteiger partial charge in [0.2, 0.25) is 5.91 Å². The van der Waals surface area contributed by atoms with Crippen molar-refractivity contribution in [3.05, 3.63) is 33.8 Å². The molecule has 1 amide bonds. The average Bonchev–Trinajstić information content (AvgIpc) is 3.37. The Labute approximate surface area is 163 Å². The van der Waals surface area contributed by atoms with Gasteiger partial charge >= 0.3 is 5.97 Å². The number of esters is 1. The predicted molar refractivity (Wildman–Crippen MR) is 100 cm³/mol. The minimum Gasteiger partial charge on any atom is -0.464 e. The van der Waals surface area contributed by atoms with Crippen molar-refractivity contribution in [2.24, 2.45) is 0 Å². The minimum atomic E-state index is -3.54. The lowest BCUT2D eigenvalue weighted by atomic mass is 10.0. The van der Waals surface area contributed by atoms with Crippen molar-refractivity contribution in [3.8, 4) is 0 Å². The third-order valence-electron chi connectivity index (χ3n) is 4.06. The van der Waals surface area contributed by atoms with E-state index in [4.69, 9.17) is 27.9 Å². The third-order valence-corrected chi connectivity index (χ3v) is 6.19. The number of hydrogen-bond donors (Lipinski definition) is 0. The maximum atomic E-state index is 12.8. The summed E-state index contributed by atoms with van der Waals surface area (Å²) in [6, 6.07) is 3.28. The second kappa shape index (κ2) is 8.59. The molecule has 0 spiro atoms. The zero-order chi connectivity index (χ0) is 19.5. The Morgan fingerprint density at radius 2 is 1.92 bits per heavy atom. The molecule has 1 aromatic carbocycles.